The highest BCUT2D eigenvalue weighted by Crippen LogP contribution is 2.27. The largest absolute Gasteiger partial charge is 0.507 e. The quantitative estimate of drug-likeness (QED) is 0.386. The first-order chi connectivity index (χ1) is 24.8. The lowest BCUT2D eigenvalue weighted by Gasteiger charge is -2.43. The van der Waals surface area contributed by atoms with Gasteiger partial charge in [0.2, 0.25) is 0 Å². The molecule has 280 valence electrons. The normalized spacial score (nSPS) is 20.7. The summed E-state index contributed by atoms with van der Waals surface area (Å²) in [6.45, 7) is 4.38. The monoisotopic (exact) mass is 799 g/mol. The first-order valence-electron chi connectivity index (χ1n) is 17.9. The molecule has 0 aliphatic carbocycles. The third-order valence-corrected chi connectivity index (χ3v) is 13.3. The van der Waals surface area contributed by atoms with Crippen molar-refractivity contribution in [3.05, 3.63) is 52.0 Å². The molecule has 4 heterocycles. The van der Waals surface area contributed by atoms with Gasteiger partial charge in [0.1, 0.15) is 13.6 Å². The summed E-state index contributed by atoms with van der Waals surface area (Å²) in [4.78, 5) is 48.3. The maximum Gasteiger partial charge on any atom is 0.410 e. The second-order valence-electron chi connectivity index (χ2n) is 14.1. The molecule has 14 nitrogen and oxygen atoms in total. The van der Waals surface area contributed by atoms with Crippen LogP contribution in [0.5, 0.6) is 5.75 Å². The van der Waals surface area contributed by atoms with Crippen LogP contribution in [0.1, 0.15) is 36.8 Å². The van der Waals surface area contributed by atoms with Crippen molar-refractivity contribution in [3.8, 4) is 5.75 Å². The average molecular weight is 801 g/mol. The molecule has 2 radical (unpaired) electrons. The van der Waals surface area contributed by atoms with E-state index in [9.17, 15) is 27.9 Å². The van der Waals surface area contributed by atoms with Gasteiger partial charge in [0.15, 0.2) is 6.10 Å². The zero-order chi connectivity index (χ0) is 37.2. The lowest BCUT2D eigenvalue weighted by molar-refractivity contribution is -0.142. The van der Waals surface area contributed by atoms with Crippen LogP contribution in [-0.4, -0.2) is 159 Å². The Kier molecular flexibility index (Phi) is 12.0. The Morgan fingerprint density at radius 3 is 2.25 bits per heavy atom. The third-order valence-electron chi connectivity index (χ3n) is 10.8. The molecular formula is C35H47BBrN7O7S. The van der Waals surface area contributed by atoms with E-state index in [4.69, 9.17) is 12.6 Å². The molecule has 0 saturated carbocycles. The van der Waals surface area contributed by atoms with Gasteiger partial charge in [-0.05, 0) is 71.3 Å². The van der Waals surface area contributed by atoms with Crippen molar-refractivity contribution in [1.29, 1.82) is 0 Å². The molecule has 2 N–H and O–H groups in total. The number of hydrogen-bond donors (Lipinski definition) is 2. The topological polar surface area (TPSA) is 146 Å². The Morgan fingerprint density at radius 1 is 0.962 bits per heavy atom. The van der Waals surface area contributed by atoms with Crippen molar-refractivity contribution >= 4 is 63.2 Å². The number of fused-ring (bicyclic) bond motifs is 1. The number of rotatable bonds is 8. The van der Waals surface area contributed by atoms with E-state index in [1.807, 2.05) is 29.2 Å². The first kappa shape index (κ1) is 38.4. The zero-order valence-corrected chi connectivity index (χ0v) is 32.1. The molecular weight excluding hydrogens is 753 g/mol. The summed E-state index contributed by atoms with van der Waals surface area (Å²) in [5, 5.41) is 13.2. The van der Waals surface area contributed by atoms with Crippen molar-refractivity contribution in [2.75, 3.05) is 78.3 Å². The Balaban J connectivity index is 1.06. The van der Waals surface area contributed by atoms with Crippen molar-refractivity contribution in [3.63, 3.8) is 0 Å². The van der Waals surface area contributed by atoms with Crippen LogP contribution in [0.4, 0.5) is 15.3 Å². The van der Waals surface area contributed by atoms with Gasteiger partial charge in [-0.1, -0.05) is 29.7 Å². The van der Waals surface area contributed by atoms with Crippen molar-refractivity contribution in [2.45, 2.75) is 56.7 Å². The highest BCUT2D eigenvalue weighted by Gasteiger charge is 2.37. The smallest absolute Gasteiger partial charge is 0.410 e. The predicted octanol–water partition coefficient (Wildman–Crippen LogP) is 1.97. The number of hydrogen-bond acceptors (Lipinski definition) is 8. The number of anilines is 1. The molecule has 6 rings (SSSR count). The van der Waals surface area contributed by atoms with E-state index in [0.29, 0.717) is 94.6 Å². The van der Waals surface area contributed by atoms with E-state index < -0.39 is 22.4 Å². The molecule has 4 aliphatic heterocycles. The molecule has 52 heavy (non-hydrogen) atoms. The first-order valence-corrected chi connectivity index (χ1v) is 20.1. The molecule has 17 heteroatoms. The maximum atomic E-state index is 14.1. The van der Waals surface area contributed by atoms with Crippen LogP contribution in [0, 0.1) is 0 Å². The van der Waals surface area contributed by atoms with Crippen LogP contribution < -0.4 is 10.8 Å². The summed E-state index contributed by atoms with van der Waals surface area (Å²) < 4.78 is 34.2. The molecule has 3 saturated heterocycles. The fraction of sp³-hybridized carbons (Fsp3) is 0.571. The number of piperidine rings is 2. The van der Waals surface area contributed by atoms with Crippen molar-refractivity contribution < 1.29 is 32.6 Å². The fourth-order valence-corrected chi connectivity index (χ4v) is 9.28. The van der Waals surface area contributed by atoms with Gasteiger partial charge >= 0.3 is 12.1 Å². The molecule has 3 fully saturated rings. The standard InChI is InChI=1S/C35H47BBrN7O7S/c1-39(2)52(49,50)43-19-17-40(18-20-43)26-8-12-41(13-9-26)33(46)31(23-24-21-28(36)32(45)29(37)22-24)51-35(48)42-14-10-27(11-15-42)44-16-7-25-5-3-4-6-30(25)38-34(44)47/h3-6,21-22,26-27,31,45H,7-20,23H2,1-2H3,(H,38,47)/t31-/m1/s1. The van der Waals surface area contributed by atoms with Gasteiger partial charge in [-0.15, -0.1) is 0 Å². The molecule has 0 spiro atoms. The van der Waals surface area contributed by atoms with Gasteiger partial charge in [-0.25, -0.2) is 9.59 Å². The fourth-order valence-electron chi connectivity index (χ4n) is 7.67. The molecule has 0 aromatic heterocycles. The number of piperazine rings is 1. The van der Waals surface area contributed by atoms with E-state index >= 15 is 0 Å². The number of nitrogens with one attached hydrogen (secondary N) is 1. The SMILES string of the molecule is [B]c1cc(C[C@@H](OC(=O)N2CCC(N3CCc4ccccc4NC3=O)CC2)C(=O)N2CCC(N3CCN(S(=O)(=O)N(C)C)CC3)CC2)cc(Br)c1O. The van der Waals surface area contributed by atoms with Crippen LogP contribution in [0.3, 0.4) is 0 Å². The number of ether oxygens (including phenoxy) is 1. The second-order valence-corrected chi connectivity index (χ2v) is 17.1. The number of phenols is 1. The number of para-hydroxylation sites is 1. The summed E-state index contributed by atoms with van der Waals surface area (Å²) in [7, 11) is 5.63. The zero-order valence-electron chi connectivity index (χ0n) is 29.7. The number of amides is 4. The summed E-state index contributed by atoms with van der Waals surface area (Å²) in [6.07, 6.45) is 1.71. The third kappa shape index (κ3) is 8.54. The number of carbonyl (C=O) groups is 3. The van der Waals surface area contributed by atoms with Crippen LogP contribution in [0.15, 0.2) is 40.9 Å². The van der Waals surface area contributed by atoms with E-state index in [2.05, 4.69) is 26.1 Å². The lowest BCUT2D eigenvalue weighted by Crippen LogP contribution is -2.57. The minimum atomic E-state index is -3.46. The van der Waals surface area contributed by atoms with E-state index in [-0.39, 0.29) is 41.7 Å². The number of halogens is 1. The van der Waals surface area contributed by atoms with Crippen LogP contribution in [-0.2, 0) is 32.6 Å². The van der Waals surface area contributed by atoms with Gasteiger partial charge in [-0.2, -0.15) is 17.0 Å². The summed E-state index contributed by atoms with van der Waals surface area (Å²) >= 11 is 3.32. The molecule has 2 aromatic carbocycles. The molecule has 2 aromatic rings. The van der Waals surface area contributed by atoms with Crippen molar-refractivity contribution in [1.82, 2.24) is 28.2 Å². The summed E-state index contributed by atoms with van der Waals surface area (Å²) in [5.74, 6) is -0.400. The highest BCUT2D eigenvalue weighted by molar-refractivity contribution is 9.10. The second kappa shape index (κ2) is 16.3. The number of benzene rings is 2. The number of likely N-dealkylation sites (tertiary alicyclic amines) is 2. The number of urea groups is 1. The van der Waals surface area contributed by atoms with Gasteiger partial charge in [0, 0.05) is 97.2 Å². The average Bonchev–Trinajstić information content (AvgIpc) is 3.31. The van der Waals surface area contributed by atoms with Crippen LogP contribution in [0.25, 0.3) is 0 Å². The Labute approximate surface area is 315 Å². The molecule has 4 amide bonds. The van der Waals surface area contributed by atoms with Gasteiger partial charge in [0.25, 0.3) is 16.1 Å². The Morgan fingerprint density at radius 2 is 1.60 bits per heavy atom. The van der Waals surface area contributed by atoms with Gasteiger partial charge < -0.3 is 29.9 Å². The number of carbonyl (C=O) groups excluding carboxylic acids is 3. The molecule has 1 atom stereocenters. The minimum absolute atomic E-state index is 0.0326. The molecule has 0 unspecified atom stereocenters. The lowest BCUT2D eigenvalue weighted by atomic mass is 9.91. The predicted molar refractivity (Wildman–Crippen MR) is 201 cm³/mol. The maximum absolute atomic E-state index is 14.1. The number of phenolic OH excluding ortho intramolecular Hbond substituents is 1. The summed E-state index contributed by atoms with van der Waals surface area (Å²) in [5.41, 5.74) is 2.69. The van der Waals surface area contributed by atoms with Crippen LogP contribution in [0.2, 0.25) is 0 Å². The molecule has 4 aliphatic rings. The van der Waals surface area contributed by atoms with Gasteiger partial charge in [0.05, 0.1) is 4.47 Å². The number of nitrogens with zero attached hydrogens (tertiary/aromatic N) is 6. The Hall–Kier alpha value is -3.38. The van der Waals surface area contributed by atoms with Gasteiger partial charge in [-0.3, -0.25) is 9.69 Å². The highest BCUT2D eigenvalue weighted by atomic mass is 79.9. The summed E-state index contributed by atoms with van der Waals surface area (Å²) in [6, 6.07) is 11.1. The van der Waals surface area contributed by atoms with E-state index in [1.54, 1.807) is 21.9 Å². The Bertz CT molecular complexity index is 1720. The molecule has 0 bridgehead atoms. The van der Waals surface area contributed by atoms with E-state index in [1.165, 1.54) is 22.7 Å². The van der Waals surface area contributed by atoms with Crippen molar-refractivity contribution in [2.24, 2.45) is 0 Å². The minimum Gasteiger partial charge on any atom is -0.507 e. The van der Waals surface area contributed by atoms with Crippen LogP contribution >= 0.6 is 15.9 Å². The number of aromatic hydroxyl groups is 1. The van der Waals surface area contributed by atoms with E-state index in [0.717, 1.165) is 17.7 Å².